The van der Waals surface area contributed by atoms with Crippen LogP contribution in [0.3, 0.4) is 0 Å². The minimum atomic E-state index is -0.440. The summed E-state index contributed by atoms with van der Waals surface area (Å²) in [7, 11) is 0. The van der Waals surface area contributed by atoms with Gasteiger partial charge in [0.05, 0.1) is 28.4 Å². The summed E-state index contributed by atoms with van der Waals surface area (Å²) in [6.45, 7) is 2.42. The van der Waals surface area contributed by atoms with Gasteiger partial charge in [0.2, 0.25) is 5.91 Å². The molecule has 0 aliphatic rings. The second-order valence-electron chi connectivity index (χ2n) is 7.97. The molecule has 5 heteroatoms. The van der Waals surface area contributed by atoms with Crippen molar-refractivity contribution in [1.29, 1.82) is 0 Å². The van der Waals surface area contributed by atoms with Crippen molar-refractivity contribution in [2.24, 2.45) is 0 Å². The molecule has 0 radical (unpaired) electrons. The number of rotatable bonds is 6. The molecule has 0 aliphatic carbocycles. The van der Waals surface area contributed by atoms with Gasteiger partial charge in [0.1, 0.15) is 0 Å². The first-order chi connectivity index (χ1) is 16.2. The summed E-state index contributed by atoms with van der Waals surface area (Å²) in [5, 5.41) is 0.683. The van der Waals surface area contributed by atoms with Gasteiger partial charge in [-0.2, -0.15) is 0 Å². The molecule has 1 amide bonds. The molecular formula is C28H23N3OS. The largest absolute Gasteiger partial charge is 0.281 e. The Morgan fingerprint density at radius 1 is 0.879 bits per heavy atom. The van der Waals surface area contributed by atoms with E-state index in [0.29, 0.717) is 11.7 Å². The highest BCUT2D eigenvalue weighted by Crippen LogP contribution is 2.34. The smallest absolute Gasteiger partial charge is 0.241 e. The average Bonchev–Trinajstić information content (AvgIpc) is 3.27. The second kappa shape index (κ2) is 9.35. The first-order valence-electron chi connectivity index (χ1n) is 10.9. The Kier molecular flexibility index (Phi) is 5.96. The number of anilines is 1. The topological polar surface area (TPSA) is 46.1 Å². The first kappa shape index (κ1) is 21.0. The van der Waals surface area contributed by atoms with Crippen molar-refractivity contribution in [2.45, 2.75) is 19.4 Å². The molecule has 0 fully saturated rings. The maximum Gasteiger partial charge on any atom is 0.241 e. The molecule has 2 aromatic heterocycles. The lowest BCUT2D eigenvalue weighted by Gasteiger charge is -2.26. The predicted molar refractivity (Wildman–Crippen MR) is 135 cm³/mol. The molecule has 33 heavy (non-hydrogen) atoms. The van der Waals surface area contributed by atoms with Gasteiger partial charge in [0.25, 0.3) is 0 Å². The van der Waals surface area contributed by atoms with Crippen LogP contribution in [-0.2, 0) is 11.3 Å². The number of amides is 1. The Hall–Kier alpha value is -3.83. The van der Waals surface area contributed by atoms with E-state index in [1.165, 1.54) is 5.56 Å². The molecule has 162 valence electrons. The summed E-state index contributed by atoms with van der Waals surface area (Å²) in [5.74, 6) is -0.460. The van der Waals surface area contributed by atoms with E-state index in [2.05, 4.69) is 18.0 Å². The molecule has 5 rings (SSSR count). The third kappa shape index (κ3) is 4.54. The minimum Gasteiger partial charge on any atom is -0.281 e. The second-order valence-corrected chi connectivity index (χ2v) is 8.98. The van der Waals surface area contributed by atoms with Crippen LogP contribution in [0.4, 0.5) is 5.13 Å². The third-order valence-corrected chi connectivity index (χ3v) is 6.63. The van der Waals surface area contributed by atoms with Crippen LogP contribution in [0.1, 0.15) is 28.3 Å². The number of aryl methyl sites for hydroxylation is 1. The number of pyridine rings is 1. The lowest BCUT2D eigenvalue weighted by molar-refractivity contribution is -0.119. The van der Waals surface area contributed by atoms with Crippen molar-refractivity contribution >= 4 is 32.6 Å². The highest BCUT2D eigenvalue weighted by molar-refractivity contribution is 7.22. The summed E-state index contributed by atoms with van der Waals surface area (Å²) in [6.07, 6.45) is 1.76. The fourth-order valence-electron chi connectivity index (χ4n) is 3.95. The Morgan fingerprint density at radius 3 is 2.18 bits per heavy atom. The van der Waals surface area contributed by atoms with E-state index in [4.69, 9.17) is 4.98 Å². The van der Waals surface area contributed by atoms with Gasteiger partial charge in [-0.15, -0.1) is 0 Å². The zero-order chi connectivity index (χ0) is 22.6. The Balaban J connectivity index is 1.62. The summed E-state index contributed by atoms with van der Waals surface area (Å²) in [6, 6.07) is 31.8. The molecule has 0 spiro atoms. The van der Waals surface area contributed by atoms with E-state index in [1.807, 2.05) is 91.0 Å². The predicted octanol–water partition coefficient (Wildman–Crippen LogP) is 6.37. The van der Waals surface area contributed by atoms with Gasteiger partial charge in [-0.25, -0.2) is 4.98 Å². The van der Waals surface area contributed by atoms with Crippen molar-refractivity contribution in [3.8, 4) is 0 Å². The maximum atomic E-state index is 14.3. The van der Waals surface area contributed by atoms with Gasteiger partial charge < -0.3 is 0 Å². The van der Waals surface area contributed by atoms with Crippen LogP contribution in [0, 0.1) is 6.92 Å². The van der Waals surface area contributed by atoms with E-state index in [-0.39, 0.29) is 5.91 Å². The number of aromatic nitrogens is 2. The van der Waals surface area contributed by atoms with Crippen LogP contribution in [0.25, 0.3) is 10.2 Å². The highest BCUT2D eigenvalue weighted by atomic mass is 32.1. The summed E-state index contributed by atoms with van der Waals surface area (Å²) >= 11 is 1.54. The quantitative estimate of drug-likeness (QED) is 0.303. The van der Waals surface area contributed by atoms with Gasteiger partial charge in [-0.1, -0.05) is 84.1 Å². The maximum absolute atomic E-state index is 14.3. The van der Waals surface area contributed by atoms with Crippen molar-refractivity contribution in [3.63, 3.8) is 0 Å². The number of hydrogen-bond donors (Lipinski definition) is 0. The Labute approximate surface area is 197 Å². The normalized spacial score (nSPS) is 11.1. The molecule has 0 unspecified atom stereocenters. The summed E-state index contributed by atoms with van der Waals surface area (Å²) < 4.78 is 1.07. The number of nitrogens with zero attached hydrogens (tertiary/aromatic N) is 3. The van der Waals surface area contributed by atoms with Crippen LogP contribution >= 0.6 is 11.3 Å². The van der Waals surface area contributed by atoms with Crippen molar-refractivity contribution in [2.75, 3.05) is 4.90 Å². The Morgan fingerprint density at radius 2 is 1.55 bits per heavy atom. The van der Waals surface area contributed by atoms with Crippen LogP contribution in [0.15, 0.2) is 103 Å². The van der Waals surface area contributed by atoms with E-state index < -0.39 is 5.92 Å². The molecule has 0 bridgehead atoms. The summed E-state index contributed by atoms with van der Waals surface area (Å²) in [4.78, 5) is 25.4. The van der Waals surface area contributed by atoms with E-state index in [0.717, 1.165) is 27.0 Å². The number of hydrogen-bond acceptors (Lipinski definition) is 4. The fraction of sp³-hybridized carbons (Fsp3) is 0.107. The van der Waals surface area contributed by atoms with Gasteiger partial charge in [0.15, 0.2) is 5.13 Å². The van der Waals surface area contributed by atoms with Crippen molar-refractivity contribution < 1.29 is 4.79 Å². The van der Waals surface area contributed by atoms with Crippen LogP contribution < -0.4 is 4.90 Å². The van der Waals surface area contributed by atoms with Gasteiger partial charge in [0, 0.05) is 6.20 Å². The summed E-state index contributed by atoms with van der Waals surface area (Å²) in [5.41, 5.74) is 4.80. The number of benzene rings is 3. The molecule has 4 nitrogen and oxygen atoms in total. The molecule has 0 saturated heterocycles. The van der Waals surface area contributed by atoms with Crippen LogP contribution in [0.5, 0.6) is 0 Å². The lowest BCUT2D eigenvalue weighted by Crippen LogP contribution is -2.35. The number of carbonyl (C=O) groups excluding carboxylic acids is 1. The van der Waals surface area contributed by atoms with E-state index >= 15 is 0 Å². The molecule has 0 N–H and O–H groups in total. The van der Waals surface area contributed by atoms with Gasteiger partial charge in [-0.05, 0) is 47.9 Å². The molecule has 0 saturated carbocycles. The molecule has 0 atom stereocenters. The zero-order valence-electron chi connectivity index (χ0n) is 18.3. The van der Waals surface area contributed by atoms with E-state index in [1.54, 1.807) is 22.4 Å². The molecular weight excluding hydrogens is 426 g/mol. The Bertz CT molecular complexity index is 1330. The number of carbonyl (C=O) groups is 1. The third-order valence-electron chi connectivity index (χ3n) is 5.59. The van der Waals surface area contributed by atoms with Crippen LogP contribution in [0.2, 0.25) is 0 Å². The monoisotopic (exact) mass is 449 g/mol. The number of thiazole rings is 1. The highest BCUT2D eigenvalue weighted by Gasteiger charge is 2.30. The standard InChI is InChI=1S/C28H23N3OS/c1-20-15-16-24-25(18-20)33-28(30-24)31(19-23-14-8-9-17-29-23)27(32)26(21-10-4-2-5-11-21)22-12-6-3-7-13-22/h2-18,26H,19H2,1H3. The zero-order valence-corrected chi connectivity index (χ0v) is 19.1. The minimum absolute atomic E-state index is 0.0196. The van der Waals surface area contributed by atoms with Gasteiger partial charge in [-0.3, -0.25) is 14.7 Å². The van der Waals surface area contributed by atoms with Crippen molar-refractivity contribution in [1.82, 2.24) is 9.97 Å². The van der Waals surface area contributed by atoms with Crippen molar-refractivity contribution in [3.05, 3.63) is 126 Å². The van der Waals surface area contributed by atoms with Gasteiger partial charge >= 0.3 is 0 Å². The molecule has 2 heterocycles. The number of fused-ring (bicyclic) bond motifs is 1. The fourth-order valence-corrected chi connectivity index (χ4v) is 5.02. The molecule has 5 aromatic rings. The SMILES string of the molecule is Cc1ccc2nc(N(Cc3ccccn3)C(=O)C(c3ccccc3)c3ccccc3)sc2c1. The average molecular weight is 450 g/mol. The lowest BCUT2D eigenvalue weighted by atomic mass is 9.90. The van der Waals surface area contributed by atoms with E-state index in [9.17, 15) is 4.79 Å². The van der Waals surface area contributed by atoms with Crippen LogP contribution in [-0.4, -0.2) is 15.9 Å². The first-order valence-corrected chi connectivity index (χ1v) is 11.7. The molecule has 0 aliphatic heterocycles. The molecule has 3 aromatic carbocycles.